The lowest BCUT2D eigenvalue weighted by Crippen LogP contribution is -2.47. The average Bonchev–Trinajstić information content (AvgIpc) is 2.83. The van der Waals surface area contributed by atoms with Crippen molar-refractivity contribution in [2.75, 3.05) is 19.6 Å². The SMILES string of the molecule is CCCN1CCC[C@@H](NC(=O)c2cn[nH]c2)C1. The van der Waals surface area contributed by atoms with Gasteiger partial charge in [-0.3, -0.25) is 9.89 Å². The van der Waals surface area contributed by atoms with Gasteiger partial charge in [0.1, 0.15) is 0 Å². The number of H-pyrrole nitrogens is 1. The quantitative estimate of drug-likeness (QED) is 0.820. The maximum absolute atomic E-state index is 11.8. The number of piperidine rings is 1. The summed E-state index contributed by atoms with van der Waals surface area (Å²) in [6.45, 7) is 5.44. The van der Waals surface area contributed by atoms with Crippen LogP contribution in [0.3, 0.4) is 0 Å². The predicted octanol–water partition coefficient (Wildman–Crippen LogP) is 1.01. The summed E-state index contributed by atoms with van der Waals surface area (Å²) in [6.07, 6.45) is 6.59. The maximum atomic E-state index is 11.8. The van der Waals surface area contributed by atoms with Crippen molar-refractivity contribution < 1.29 is 4.79 Å². The number of amides is 1. The van der Waals surface area contributed by atoms with Crippen LogP contribution in [0.25, 0.3) is 0 Å². The second-order valence-electron chi connectivity index (χ2n) is 4.60. The number of aromatic nitrogens is 2. The lowest BCUT2D eigenvalue weighted by atomic mass is 10.1. The Kier molecular flexibility index (Phi) is 4.14. The van der Waals surface area contributed by atoms with Crippen LogP contribution in [0.15, 0.2) is 12.4 Å². The molecule has 1 aromatic rings. The second-order valence-corrected chi connectivity index (χ2v) is 4.60. The fourth-order valence-corrected chi connectivity index (χ4v) is 2.34. The van der Waals surface area contributed by atoms with E-state index < -0.39 is 0 Å². The summed E-state index contributed by atoms with van der Waals surface area (Å²) in [4.78, 5) is 14.3. The molecule has 1 atom stereocenters. The Morgan fingerprint density at radius 3 is 3.29 bits per heavy atom. The highest BCUT2D eigenvalue weighted by Gasteiger charge is 2.21. The van der Waals surface area contributed by atoms with Crippen molar-refractivity contribution in [2.45, 2.75) is 32.2 Å². The van der Waals surface area contributed by atoms with Gasteiger partial charge in [-0.2, -0.15) is 5.10 Å². The fraction of sp³-hybridized carbons (Fsp3) is 0.667. The van der Waals surface area contributed by atoms with E-state index >= 15 is 0 Å². The van der Waals surface area contributed by atoms with Crippen molar-refractivity contribution in [1.29, 1.82) is 0 Å². The summed E-state index contributed by atoms with van der Waals surface area (Å²) in [7, 11) is 0. The Balaban J connectivity index is 1.84. The zero-order valence-corrected chi connectivity index (χ0v) is 10.3. The molecule has 5 heteroatoms. The van der Waals surface area contributed by atoms with Crippen LogP contribution in [0.5, 0.6) is 0 Å². The zero-order valence-electron chi connectivity index (χ0n) is 10.3. The molecule has 94 valence electrons. The second kappa shape index (κ2) is 5.82. The molecule has 2 N–H and O–H groups in total. The summed E-state index contributed by atoms with van der Waals surface area (Å²) in [5.74, 6) is -0.0258. The molecular weight excluding hydrogens is 216 g/mol. The standard InChI is InChI=1S/C12H20N4O/c1-2-5-16-6-3-4-11(9-16)15-12(17)10-7-13-14-8-10/h7-8,11H,2-6,9H2,1H3,(H,13,14)(H,15,17)/t11-/m1/s1. The molecule has 2 heterocycles. The highest BCUT2D eigenvalue weighted by molar-refractivity contribution is 5.93. The van der Waals surface area contributed by atoms with E-state index in [2.05, 4.69) is 27.3 Å². The van der Waals surface area contributed by atoms with Crippen molar-refractivity contribution >= 4 is 5.91 Å². The number of carbonyl (C=O) groups excluding carboxylic acids is 1. The Hall–Kier alpha value is -1.36. The maximum Gasteiger partial charge on any atom is 0.254 e. The van der Waals surface area contributed by atoms with Crippen LogP contribution in [-0.2, 0) is 0 Å². The number of rotatable bonds is 4. The summed E-state index contributed by atoms with van der Waals surface area (Å²) in [5.41, 5.74) is 0.609. The number of aromatic amines is 1. The van der Waals surface area contributed by atoms with Gasteiger partial charge in [-0.05, 0) is 32.4 Å². The van der Waals surface area contributed by atoms with E-state index in [0.717, 1.165) is 32.5 Å². The summed E-state index contributed by atoms with van der Waals surface area (Å²) in [6, 6.07) is 0.276. The number of hydrogen-bond acceptors (Lipinski definition) is 3. The number of carbonyl (C=O) groups is 1. The Morgan fingerprint density at radius 1 is 1.71 bits per heavy atom. The first kappa shape index (κ1) is 12.1. The molecule has 0 spiro atoms. The monoisotopic (exact) mass is 236 g/mol. The van der Waals surface area contributed by atoms with E-state index in [1.807, 2.05) is 0 Å². The van der Waals surface area contributed by atoms with Crippen LogP contribution in [0.4, 0.5) is 0 Å². The van der Waals surface area contributed by atoms with Crippen LogP contribution < -0.4 is 5.32 Å². The molecule has 2 rings (SSSR count). The van der Waals surface area contributed by atoms with Crippen molar-refractivity contribution in [3.05, 3.63) is 18.0 Å². The topological polar surface area (TPSA) is 61.0 Å². The highest BCUT2D eigenvalue weighted by Crippen LogP contribution is 2.11. The summed E-state index contributed by atoms with van der Waals surface area (Å²) < 4.78 is 0. The van der Waals surface area contributed by atoms with Gasteiger partial charge in [-0.25, -0.2) is 0 Å². The largest absolute Gasteiger partial charge is 0.348 e. The minimum atomic E-state index is -0.0258. The third-order valence-electron chi connectivity index (χ3n) is 3.14. The third kappa shape index (κ3) is 3.30. The van der Waals surface area contributed by atoms with Gasteiger partial charge in [0.05, 0.1) is 11.8 Å². The van der Waals surface area contributed by atoms with Gasteiger partial charge in [0.2, 0.25) is 0 Å². The normalized spacial score (nSPS) is 21.4. The molecule has 5 nitrogen and oxygen atoms in total. The highest BCUT2D eigenvalue weighted by atomic mass is 16.1. The van der Waals surface area contributed by atoms with Crippen LogP contribution in [0.1, 0.15) is 36.5 Å². The Bertz CT molecular complexity index is 347. The van der Waals surface area contributed by atoms with Gasteiger partial charge in [-0.1, -0.05) is 6.92 Å². The average molecular weight is 236 g/mol. The zero-order chi connectivity index (χ0) is 12.1. The molecule has 1 aromatic heterocycles. The van der Waals surface area contributed by atoms with Gasteiger partial charge in [-0.15, -0.1) is 0 Å². The van der Waals surface area contributed by atoms with E-state index in [1.54, 1.807) is 12.4 Å². The van der Waals surface area contributed by atoms with Crippen molar-refractivity contribution in [3.8, 4) is 0 Å². The van der Waals surface area contributed by atoms with E-state index in [9.17, 15) is 4.79 Å². The smallest absolute Gasteiger partial charge is 0.254 e. The van der Waals surface area contributed by atoms with Crippen LogP contribution in [-0.4, -0.2) is 46.7 Å². The molecule has 0 radical (unpaired) electrons. The molecular formula is C12H20N4O. The molecule has 0 saturated carbocycles. The van der Waals surface area contributed by atoms with E-state index in [4.69, 9.17) is 0 Å². The first-order valence-corrected chi connectivity index (χ1v) is 6.31. The van der Waals surface area contributed by atoms with E-state index in [0.29, 0.717) is 5.56 Å². The molecule has 1 aliphatic rings. The van der Waals surface area contributed by atoms with Crippen molar-refractivity contribution in [2.24, 2.45) is 0 Å². The molecule has 1 aliphatic heterocycles. The number of nitrogens with zero attached hydrogens (tertiary/aromatic N) is 2. The first-order chi connectivity index (χ1) is 8.29. The van der Waals surface area contributed by atoms with Crippen molar-refractivity contribution in [1.82, 2.24) is 20.4 Å². The molecule has 17 heavy (non-hydrogen) atoms. The first-order valence-electron chi connectivity index (χ1n) is 6.31. The van der Waals surface area contributed by atoms with E-state index in [-0.39, 0.29) is 11.9 Å². The molecule has 0 unspecified atom stereocenters. The lowest BCUT2D eigenvalue weighted by molar-refractivity contribution is 0.0904. The van der Waals surface area contributed by atoms with Gasteiger partial charge in [0.25, 0.3) is 5.91 Å². The van der Waals surface area contributed by atoms with Crippen molar-refractivity contribution in [3.63, 3.8) is 0 Å². The lowest BCUT2D eigenvalue weighted by Gasteiger charge is -2.32. The van der Waals surface area contributed by atoms with Crippen LogP contribution in [0.2, 0.25) is 0 Å². The minimum absolute atomic E-state index is 0.0258. The third-order valence-corrected chi connectivity index (χ3v) is 3.14. The fourth-order valence-electron chi connectivity index (χ4n) is 2.34. The predicted molar refractivity (Wildman–Crippen MR) is 65.8 cm³/mol. The Labute approximate surface area is 102 Å². The summed E-state index contributed by atoms with van der Waals surface area (Å²) in [5, 5.41) is 9.51. The van der Waals surface area contributed by atoms with Crippen LogP contribution >= 0.6 is 0 Å². The molecule has 1 fully saturated rings. The van der Waals surface area contributed by atoms with Crippen LogP contribution in [0, 0.1) is 0 Å². The van der Waals surface area contributed by atoms with Gasteiger partial charge < -0.3 is 10.2 Å². The number of hydrogen-bond donors (Lipinski definition) is 2. The minimum Gasteiger partial charge on any atom is -0.348 e. The number of nitrogens with one attached hydrogen (secondary N) is 2. The van der Waals surface area contributed by atoms with Gasteiger partial charge >= 0.3 is 0 Å². The molecule has 0 aromatic carbocycles. The van der Waals surface area contributed by atoms with Gasteiger partial charge in [0, 0.05) is 18.8 Å². The number of likely N-dealkylation sites (tertiary alicyclic amines) is 1. The van der Waals surface area contributed by atoms with E-state index in [1.165, 1.54) is 6.42 Å². The van der Waals surface area contributed by atoms with Gasteiger partial charge in [0.15, 0.2) is 0 Å². The molecule has 1 saturated heterocycles. The molecule has 0 bridgehead atoms. The summed E-state index contributed by atoms with van der Waals surface area (Å²) >= 11 is 0. The molecule has 1 amide bonds. The Morgan fingerprint density at radius 2 is 2.59 bits per heavy atom. The molecule has 0 aliphatic carbocycles.